The molecule has 0 unspecified atom stereocenters. The number of hydrogen-bond donors (Lipinski definition) is 0. The fraction of sp³-hybridized carbons (Fsp3) is 0.552. The minimum atomic E-state index is -1.19. The first-order chi connectivity index (χ1) is 17.8. The Labute approximate surface area is 215 Å². The summed E-state index contributed by atoms with van der Waals surface area (Å²) in [4.78, 5) is 12.7. The van der Waals surface area contributed by atoms with Crippen LogP contribution in [-0.2, 0) is 9.47 Å². The number of carbonyl (C=O) groups excluding carboxylic acids is 1. The number of ether oxygens (including phenoxy) is 3. The van der Waals surface area contributed by atoms with Crippen LogP contribution in [0.1, 0.15) is 98.5 Å². The quantitative estimate of drug-likeness (QED) is 0.265. The maximum atomic E-state index is 14.9. The van der Waals surface area contributed by atoms with E-state index in [4.69, 9.17) is 14.2 Å². The molecule has 0 heterocycles. The second-order valence-corrected chi connectivity index (χ2v) is 9.85. The number of esters is 1. The van der Waals surface area contributed by atoms with E-state index in [-0.39, 0.29) is 41.4 Å². The Morgan fingerprint density at radius 1 is 0.703 bits per heavy atom. The summed E-state index contributed by atoms with van der Waals surface area (Å²) >= 11 is 0. The van der Waals surface area contributed by atoms with Crippen LogP contribution in [0.2, 0.25) is 0 Å². The normalized spacial score (nSPS) is 24.1. The van der Waals surface area contributed by atoms with Crippen molar-refractivity contribution >= 4 is 5.97 Å². The topological polar surface area (TPSA) is 44.8 Å². The van der Waals surface area contributed by atoms with Crippen molar-refractivity contribution in [2.75, 3.05) is 13.2 Å². The highest BCUT2D eigenvalue weighted by atomic mass is 19.2. The van der Waals surface area contributed by atoms with Crippen LogP contribution < -0.4 is 4.74 Å². The fourth-order valence-electron chi connectivity index (χ4n) is 5.65. The van der Waals surface area contributed by atoms with Gasteiger partial charge in [-0.2, -0.15) is 4.39 Å². The van der Waals surface area contributed by atoms with E-state index < -0.39 is 40.9 Å². The van der Waals surface area contributed by atoms with Gasteiger partial charge in [0.1, 0.15) is 6.10 Å². The Hall–Kier alpha value is -2.61. The van der Waals surface area contributed by atoms with Gasteiger partial charge in [0.15, 0.2) is 23.2 Å². The lowest BCUT2D eigenvalue weighted by Gasteiger charge is -2.29. The first kappa shape index (κ1) is 27.4. The van der Waals surface area contributed by atoms with E-state index in [0.717, 1.165) is 12.8 Å². The summed E-state index contributed by atoms with van der Waals surface area (Å²) < 4.78 is 74.9. The van der Waals surface area contributed by atoms with E-state index in [1.165, 1.54) is 24.3 Å². The SMILES string of the molecule is CCOc1ccc(C2CCC(OC(=O)c3ccc(C4CCC(OCC)CC4)c(F)c3F)CC2)c(F)c1F. The Morgan fingerprint density at radius 2 is 1.24 bits per heavy atom. The Morgan fingerprint density at radius 3 is 1.81 bits per heavy atom. The first-order valence-corrected chi connectivity index (χ1v) is 13.2. The molecule has 8 heteroatoms. The molecule has 2 aliphatic rings. The summed E-state index contributed by atoms with van der Waals surface area (Å²) in [7, 11) is 0. The van der Waals surface area contributed by atoms with Crippen molar-refractivity contribution in [3.05, 3.63) is 64.2 Å². The summed E-state index contributed by atoms with van der Waals surface area (Å²) in [5.74, 6) is -5.48. The standard InChI is InChI=1S/C29H34F4O4/c1-3-35-19-9-5-17(6-10-19)21-13-14-23(27(32)25(21)30)29(34)37-20-11-7-18(8-12-20)22-15-16-24(36-4-2)28(33)26(22)31/h13-20H,3-12H2,1-2H3. The molecule has 0 aromatic heterocycles. The second kappa shape index (κ2) is 12.3. The van der Waals surface area contributed by atoms with Gasteiger partial charge in [-0.1, -0.05) is 12.1 Å². The Balaban J connectivity index is 1.35. The van der Waals surface area contributed by atoms with E-state index in [2.05, 4.69) is 0 Å². The van der Waals surface area contributed by atoms with Crippen LogP contribution in [0.4, 0.5) is 17.6 Å². The van der Waals surface area contributed by atoms with Gasteiger partial charge < -0.3 is 14.2 Å². The zero-order valence-corrected chi connectivity index (χ0v) is 21.3. The van der Waals surface area contributed by atoms with E-state index in [9.17, 15) is 22.4 Å². The fourth-order valence-corrected chi connectivity index (χ4v) is 5.65. The van der Waals surface area contributed by atoms with Crippen molar-refractivity contribution in [2.24, 2.45) is 0 Å². The molecule has 2 fully saturated rings. The van der Waals surface area contributed by atoms with Gasteiger partial charge in [-0.3, -0.25) is 0 Å². The van der Waals surface area contributed by atoms with Crippen molar-refractivity contribution in [1.82, 2.24) is 0 Å². The second-order valence-electron chi connectivity index (χ2n) is 9.85. The van der Waals surface area contributed by atoms with Crippen LogP contribution in [0.25, 0.3) is 0 Å². The third kappa shape index (κ3) is 6.11. The predicted octanol–water partition coefficient (Wildman–Crippen LogP) is 7.59. The Kier molecular flexibility index (Phi) is 9.11. The molecule has 2 aromatic rings. The van der Waals surface area contributed by atoms with E-state index in [1.807, 2.05) is 6.92 Å². The lowest BCUT2D eigenvalue weighted by atomic mass is 9.82. The molecule has 2 saturated carbocycles. The van der Waals surface area contributed by atoms with Crippen LogP contribution in [0, 0.1) is 23.3 Å². The third-order valence-electron chi connectivity index (χ3n) is 7.61. The lowest BCUT2D eigenvalue weighted by Crippen LogP contribution is -2.25. The molecule has 37 heavy (non-hydrogen) atoms. The van der Waals surface area contributed by atoms with Crippen molar-refractivity contribution in [2.45, 2.75) is 89.3 Å². The number of hydrogen-bond acceptors (Lipinski definition) is 4. The average Bonchev–Trinajstić information content (AvgIpc) is 2.90. The van der Waals surface area contributed by atoms with Crippen molar-refractivity contribution in [3.8, 4) is 5.75 Å². The molecule has 2 aromatic carbocycles. The van der Waals surface area contributed by atoms with Crippen LogP contribution in [0.5, 0.6) is 5.75 Å². The third-order valence-corrected chi connectivity index (χ3v) is 7.61. The molecule has 0 saturated heterocycles. The van der Waals surface area contributed by atoms with E-state index >= 15 is 0 Å². The van der Waals surface area contributed by atoms with Gasteiger partial charge in [0.2, 0.25) is 5.82 Å². The summed E-state index contributed by atoms with van der Waals surface area (Å²) in [6, 6.07) is 5.74. The van der Waals surface area contributed by atoms with Crippen LogP contribution in [0.3, 0.4) is 0 Å². The number of benzene rings is 2. The number of carbonyl (C=O) groups is 1. The summed E-state index contributed by atoms with van der Waals surface area (Å²) in [6.07, 6.45) is 4.41. The summed E-state index contributed by atoms with van der Waals surface area (Å²) in [5, 5.41) is 0. The molecule has 0 radical (unpaired) electrons. The minimum absolute atomic E-state index is 0.112. The van der Waals surface area contributed by atoms with Gasteiger partial charge in [0.25, 0.3) is 0 Å². The van der Waals surface area contributed by atoms with Crippen LogP contribution in [-0.4, -0.2) is 31.4 Å². The molecule has 0 N–H and O–H groups in total. The lowest BCUT2D eigenvalue weighted by molar-refractivity contribution is 0.0188. The number of rotatable bonds is 8. The molecule has 202 valence electrons. The van der Waals surface area contributed by atoms with Crippen molar-refractivity contribution < 1.29 is 36.6 Å². The van der Waals surface area contributed by atoms with Crippen molar-refractivity contribution in [1.29, 1.82) is 0 Å². The molecule has 0 spiro atoms. The molecule has 0 amide bonds. The Bertz CT molecular complexity index is 1090. The van der Waals surface area contributed by atoms with E-state index in [1.54, 1.807) is 6.92 Å². The largest absolute Gasteiger partial charge is 0.491 e. The molecular weight excluding hydrogens is 488 g/mol. The highest BCUT2D eigenvalue weighted by molar-refractivity contribution is 5.90. The monoisotopic (exact) mass is 522 g/mol. The van der Waals surface area contributed by atoms with Gasteiger partial charge in [0.05, 0.1) is 18.3 Å². The molecule has 0 aliphatic heterocycles. The van der Waals surface area contributed by atoms with Crippen molar-refractivity contribution in [3.63, 3.8) is 0 Å². The molecule has 0 bridgehead atoms. The highest BCUT2D eigenvalue weighted by Gasteiger charge is 2.31. The van der Waals surface area contributed by atoms with Gasteiger partial charge in [-0.15, -0.1) is 0 Å². The smallest absolute Gasteiger partial charge is 0.341 e. The number of halogens is 4. The maximum Gasteiger partial charge on any atom is 0.341 e. The summed E-state index contributed by atoms with van der Waals surface area (Å²) in [6.45, 7) is 4.49. The first-order valence-electron chi connectivity index (χ1n) is 13.2. The van der Waals surface area contributed by atoms with Gasteiger partial charge in [-0.05, 0) is 100 Å². The zero-order valence-electron chi connectivity index (χ0n) is 21.3. The zero-order chi connectivity index (χ0) is 26.5. The van der Waals surface area contributed by atoms with Crippen LogP contribution >= 0.6 is 0 Å². The van der Waals surface area contributed by atoms with Gasteiger partial charge in [-0.25, -0.2) is 18.0 Å². The molecule has 4 rings (SSSR count). The van der Waals surface area contributed by atoms with Gasteiger partial charge in [0, 0.05) is 6.61 Å². The molecule has 4 nitrogen and oxygen atoms in total. The summed E-state index contributed by atoms with van der Waals surface area (Å²) in [5.41, 5.74) is 0.129. The highest BCUT2D eigenvalue weighted by Crippen LogP contribution is 2.39. The molecular formula is C29H34F4O4. The average molecular weight is 523 g/mol. The molecule has 0 atom stereocenters. The predicted molar refractivity (Wildman–Crippen MR) is 131 cm³/mol. The van der Waals surface area contributed by atoms with Crippen LogP contribution in [0.15, 0.2) is 24.3 Å². The maximum absolute atomic E-state index is 14.9. The minimum Gasteiger partial charge on any atom is -0.491 e. The molecule has 2 aliphatic carbocycles. The van der Waals surface area contributed by atoms with Gasteiger partial charge >= 0.3 is 5.97 Å². The van der Waals surface area contributed by atoms with E-state index in [0.29, 0.717) is 45.1 Å².